The fourth-order valence-electron chi connectivity index (χ4n) is 4.26. The summed E-state index contributed by atoms with van der Waals surface area (Å²) in [4.78, 5) is 12.1. The van der Waals surface area contributed by atoms with Crippen LogP contribution in [0.4, 0.5) is 0 Å². The molecule has 7 heteroatoms. The molecule has 0 saturated carbocycles. The van der Waals surface area contributed by atoms with Gasteiger partial charge < -0.3 is 0 Å². The highest BCUT2D eigenvalue weighted by molar-refractivity contribution is 5.34. The molecule has 5 aromatic rings. The first kappa shape index (κ1) is 20.8. The van der Waals surface area contributed by atoms with Gasteiger partial charge in [-0.25, -0.2) is 4.90 Å². The first-order chi connectivity index (χ1) is 16.3. The van der Waals surface area contributed by atoms with Crippen molar-refractivity contribution in [2.45, 2.75) is 25.3 Å². The van der Waals surface area contributed by atoms with Crippen LogP contribution in [-0.4, -0.2) is 34.4 Å². The normalized spacial score (nSPS) is 11.7. The largest absolute Gasteiger partial charge is 0.259 e. The summed E-state index contributed by atoms with van der Waals surface area (Å²) >= 11 is 0. The Kier molecular flexibility index (Phi) is 6.04. The molecule has 0 unspecified atom stereocenters. The topological polar surface area (TPSA) is 64.7 Å². The molecular formula is C26H25N7. The van der Waals surface area contributed by atoms with Gasteiger partial charge in [-0.15, -0.1) is 0 Å². The zero-order valence-corrected chi connectivity index (χ0v) is 18.2. The highest BCUT2D eigenvalue weighted by Gasteiger charge is 2.43. The van der Waals surface area contributed by atoms with Crippen molar-refractivity contribution in [3.63, 3.8) is 0 Å². The Morgan fingerprint density at radius 2 is 1.15 bits per heavy atom. The number of benzene rings is 1. The monoisotopic (exact) mass is 435 g/mol. The summed E-state index contributed by atoms with van der Waals surface area (Å²) in [5.74, 6) is 0. The molecule has 33 heavy (non-hydrogen) atoms. The number of hydrogen-bond donors (Lipinski definition) is 0. The van der Waals surface area contributed by atoms with Crippen LogP contribution in [0.1, 0.15) is 17.0 Å². The van der Waals surface area contributed by atoms with Gasteiger partial charge in [-0.2, -0.15) is 10.2 Å². The van der Waals surface area contributed by atoms with Crippen molar-refractivity contribution in [3.05, 3.63) is 133 Å². The quantitative estimate of drug-likeness (QED) is 0.351. The van der Waals surface area contributed by atoms with Crippen molar-refractivity contribution < 1.29 is 0 Å². The molecule has 5 rings (SSSR count). The molecule has 4 aromatic heterocycles. The van der Waals surface area contributed by atoms with E-state index in [0.29, 0.717) is 19.8 Å². The molecule has 7 nitrogen and oxygen atoms in total. The van der Waals surface area contributed by atoms with Gasteiger partial charge >= 0.3 is 0 Å². The van der Waals surface area contributed by atoms with Crippen molar-refractivity contribution in [1.29, 1.82) is 0 Å². The summed E-state index contributed by atoms with van der Waals surface area (Å²) in [6, 6.07) is 26.5. The Hall–Kier alpha value is -4.10. The van der Waals surface area contributed by atoms with Crippen molar-refractivity contribution in [2.24, 2.45) is 0 Å². The maximum atomic E-state index is 4.86. The lowest BCUT2D eigenvalue weighted by Crippen LogP contribution is -2.51. The molecule has 4 heterocycles. The van der Waals surface area contributed by atoms with Crippen molar-refractivity contribution >= 4 is 0 Å². The van der Waals surface area contributed by atoms with E-state index >= 15 is 0 Å². The minimum atomic E-state index is -0.665. The molecule has 0 aliphatic heterocycles. The first-order valence-corrected chi connectivity index (χ1v) is 10.9. The molecule has 0 bridgehead atoms. The minimum absolute atomic E-state index is 0.535. The molecule has 164 valence electrons. The molecule has 0 spiro atoms. The first-order valence-electron chi connectivity index (χ1n) is 10.9. The highest BCUT2D eigenvalue weighted by Crippen LogP contribution is 2.38. The second-order valence-electron chi connectivity index (χ2n) is 7.87. The van der Waals surface area contributed by atoms with Gasteiger partial charge in [-0.05, 0) is 42.0 Å². The zero-order chi connectivity index (χ0) is 22.3. The maximum absolute atomic E-state index is 4.86. The molecule has 0 N–H and O–H groups in total. The molecule has 0 radical (unpaired) electrons. The summed E-state index contributed by atoms with van der Waals surface area (Å²) in [5.41, 5.74) is 2.38. The third kappa shape index (κ3) is 4.44. The SMILES string of the molecule is c1ccc(CC(c2ccccn2)(c2ccccn2)N(Cn2cccn2)Cn2cccn2)cc1. The molecule has 0 amide bonds. The van der Waals surface area contributed by atoms with Gasteiger partial charge in [-0.1, -0.05) is 42.5 Å². The van der Waals surface area contributed by atoms with Gasteiger partial charge in [0.15, 0.2) is 0 Å². The van der Waals surface area contributed by atoms with Crippen LogP contribution in [-0.2, 0) is 25.3 Å². The van der Waals surface area contributed by atoms with Crippen molar-refractivity contribution in [1.82, 2.24) is 34.4 Å². The summed E-state index contributed by atoms with van der Waals surface area (Å²) < 4.78 is 3.85. The fraction of sp³-hybridized carbons (Fsp3) is 0.154. The molecular weight excluding hydrogens is 410 g/mol. The molecule has 0 atom stereocenters. The maximum Gasteiger partial charge on any atom is 0.113 e. The van der Waals surface area contributed by atoms with Gasteiger partial charge in [0.2, 0.25) is 0 Å². The van der Waals surface area contributed by atoms with E-state index in [2.05, 4.69) is 51.5 Å². The standard InChI is InChI=1S/C26H25N7/c1-2-10-23(11-3-1)20-26(24-12-4-6-14-27-24,25-13-5-7-15-28-25)31(21-32-18-8-16-29-32)22-33-19-9-17-30-33/h1-19H,20-22H2. The average Bonchev–Trinajstić information content (AvgIpc) is 3.59. The Balaban J connectivity index is 1.73. The molecule has 0 fully saturated rings. The van der Waals surface area contributed by atoms with Crippen LogP contribution in [0.2, 0.25) is 0 Å². The number of nitrogens with zero attached hydrogens (tertiary/aromatic N) is 7. The molecule has 1 aromatic carbocycles. The predicted octanol–water partition coefficient (Wildman–Crippen LogP) is 3.97. The summed E-state index contributed by atoms with van der Waals surface area (Å²) in [7, 11) is 0. The van der Waals surface area contributed by atoms with E-state index in [1.54, 1.807) is 12.4 Å². The Labute approximate surface area is 193 Å². The Morgan fingerprint density at radius 3 is 1.61 bits per heavy atom. The average molecular weight is 436 g/mol. The van der Waals surface area contributed by atoms with E-state index in [1.807, 2.05) is 76.6 Å². The smallest absolute Gasteiger partial charge is 0.113 e. The van der Waals surface area contributed by atoms with Gasteiger partial charge in [0, 0.05) is 43.6 Å². The number of hydrogen-bond acceptors (Lipinski definition) is 5. The van der Waals surface area contributed by atoms with Gasteiger partial charge in [0.05, 0.1) is 24.7 Å². The zero-order valence-electron chi connectivity index (χ0n) is 18.2. The van der Waals surface area contributed by atoms with Crippen LogP contribution in [0, 0.1) is 0 Å². The van der Waals surface area contributed by atoms with E-state index in [4.69, 9.17) is 9.97 Å². The van der Waals surface area contributed by atoms with E-state index in [-0.39, 0.29) is 0 Å². The lowest BCUT2D eigenvalue weighted by molar-refractivity contribution is 0.0335. The predicted molar refractivity (Wildman–Crippen MR) is 126 cm³/mol. The van der Waals surface area contributed by atoms with Crippen LogP contribution in [0.5, 0.6) is 0 Å². The number of pyridine rings is 2. The summed E-state index contributed by atoms with van der Waals surface area (Å²) in [6.45, 7) is 1.07. The lowest BCUT2D eigenvalue weighted by Gasteiger charge is -2.43. The van der Waals surface area contributed by atoms with E-state index in [9.17, 15) is 0 Å². The van der Waals surface area contributed by atoms with Crippen LogP contribution < -0.4 is 0 Å². The van der Waals surface area contributed by atoms with E-state index in [0.717, 1.165) is 11.4 Å². The third-order valence-corrected chi connectivity index (χ3v) is 5.77. The number of rotatable bonds is 9. The third-order valence-electron chi connectivity index (χ3n) is 5.77. The lowest BCUT2D eigenvalue weighted by atomic mass is 9.82. The van der Waals surface area contributed by atoms with Gasteiger partial charge in [0.25, 0.3) is 0 Å². The molecule has 0 aliphatic carbocycles. The van der Waals surface area contributed by atoms with Crippen LogP contribution in [0.3, 0.4) is 0 Å². The molecule has 0 aliphatic rings. The van der Waals surface area contributed by atoms with Crippen molar-refractivity contribution in [2.75, 3.05) is 0 Å². The van der Waals surface area contributed by atoms with Crippen LogP contribution >= 0.6 is 0 Å². The second kappa shape index (κ2) is 9.58. The van der Waals surface area contributed by atoms with Crippen molar-refractivity contribution in [3.8, 4) is 0 Å². The second-order valence-corrected chi connectivity index (χ2v) is 7.87. The Morgan fingerprint density at radius 1 is 0.606 bits per heavy atom. The van der Waals surface area contributed by atoms with Crippen LogP contribution in [0.15, 0.2) is 116 Å². The Bertz CT molecular complexity index is 1150. The fourth-order valence-corrected chi connectivity index (χ4v) is 4.26. The minimum Gasteiger partial charge on any atom is -0.259 e. The van der Waals surface area contributed by atoms with Gasteiger partial charge in [-0.3, -0.25) is 19.3 Å². The van der Waals surface area contributed by atoms with Gasteiger partial charge in [0.1, 0.15) is 5.54 Å². The van der Waals surface area contributed by atoms with Crippen LogP contribution in [0.25, 0.3) is 0 Å². The number of aromatic nitrogens is 6. The summed E-state index contributed by atoms with van der Waals surface area (Å²) in [5, 5.41) is 9.00. The molecule has 0 saturated heterocycles. The van der Waals surface area contributed by atoms with E-state index < -0.39 is 5.54 Å². The summed E-state index contributed by atoms with van der Waals surface area (Å²) in [6.07, 6.45) is 11.9. The van der Waals surface area contributed by atoms with E-state index in [1.165, 1.54) is 5.56 Å². The highest BCUT2D eigenvalue weighted by atomic mass is 15.5.